The molecule has 0 unspecified atom stereocenters. The maximum Gasteiger partial charge on any atom is 0.305 e. The summed E-state index contributed by atoms with van der Waals surface area (Å²) in [5.74, 6) is -0.305. The Bertz CT molecular complexity index is 790. The van der Waals surface area contributed by atoms with E-state index in [0.717, 1.165) is 5.56 Å². The summed E-state index contributed by atoms with van der Waals surface area (Å²) in [5, 5.41) is 8.98. The van der Waals surface area contributed by atoms with E-state index in [1.807, 2.05) is 25.1 Å². The van der Waals surface area contributed by atoms with Crippen LogP contribution in [0.1, 0.15) is 31.2 Å². The van der Waals surface area contributed by atoms with Gasteiger partial charge in [0.15, 0.2) is 0 Å². The number of ether oxygens (including phenoxy) is 1. The maximum absolute atomic E-state index is 12.4. The highest BCUT2D eigenvalue weighted by Gasteiger charge is 2.07. The summed E-state index contributed by atoms with van der Waals surface area (Å²) in [5.41, 5.74) is 1.58. The van der Waals surface area contributed by atoms with E-state index in [1.165, 1.54) is 10.9 Å². The van der Waals surface area contributed by atoms with Gasteiger partial charge in [0.05, 0.1) is 29.9 Å². The first kappa shape index (κ1) is 16.7. The standard InChI is InChI=1S/C17H19N3O3/c1-13-6-4-7-14-16(13)19-12-20(17(14)22)10-5-8-15(21)23-11-3-2-9-18/h4,6-7,12H,2-3,5,8,10-11H2,1H3. The predicted molar refractivity (Wildman–Crippen MR) is 85.8 cm³/mol. The summed E-state index contributed by atoms with van der Waals surface area (Å²) in [4.78, 5) is 28.2. The summed E-state index contributed by atoms with van der Waals surface area (Å²) >= 11 is 0. The normalized spacial score (nSPS) is 10.4. The van der Waals surface area contributed by atoms with E-state index >= 15 is 0 Å². The first-order valence-electron chi connectivity index (χ1n) is 7.61. The number of nitriles is 1. The molecule has 0 aliphatic rings. The fourth-order valence-corrected chi connectivity index (χ4v) is 2.30. The average Bonchev–Trinajstić information content (AvgIpc) is 2.54. The van der Waals surface area contributed by atoms with E-state index in [2.05, 4.69) is 4.98 Å². The third kappa shape index (κ3) is 4.39. The van der Waals surface area contributed by atoms with Gasteiger partial charge in [-0.05, 0) is 31.4 Å². The number of rotatable bonds is 7. The van der Waals surface area contributed by atoms with Crippen molar-refractivity contribution in [1.29, 1.82) is 5.26 Å². The molecule has 0 saturated carbocycles. The van der Waals surface area contributed by atoms with Crippen LogP contribution in [0.5, 0.6) is 0 Å². The lowest BCUT2D eigenvalue weighted by Crippen LogP contribution is -2.21. The van der Waals surface area contributed by atoms with Crippen LogP contribution < -0.4 is 5.56 Å². The molecule has 0 spiro atoms. The van der Waals surface area contributed by atoms with E-state index in [4.69, 9.17) is 10.00 Å². The zero-order valence-corrected chi connectivity index (χ0v) is 13.1. The zero-order valence-electron chi connectivity index (χ0n) is 13.1. The van der Waals surface area contributed by atoms with Crippen molar-refractivity contribution in [1.82, 2.24) is 9.55 Å². The third-order valence-electron chi connectivity index (χ3n) is 3.53. The Morgan fingerprint density at radius 3 is 3.00 bits per heavy atom. The molecule has 23 heavy (non-hydrogen) atoms. The molecule has 6 nitrogen and oxygen atoms in total. The number of carbonyl (C=O) groups excluding carboxylic acids is 1. The Hall–Kier alpha value is -2.68. The molecule has 0 radical (unpaired) electrons. The summed E-state index contributed by atoms with van der Waals surface area (Å²) in [6.45, 7) is 2.60. The molecule has 2 rings (SSSR count). The van der Waals surface area contributed by atoms with Gasteiger partial charge in [0.1, 0.15) is 0 Å². The number of benzene rings is 1. The SMILES string of the molecule is Cc1cccc2c(=O)n(CCCC(=O)OCCCC#N)cnc12. The summed E-state index contributed by atoms with van der Waals surface area (Å²) < 4.78 is 6.52. The number of esters is 1. The molecule has 0 N–H and O–H groups in total. The topological polar surface area (TPSA) is 85.0 Å². The second-order valence-electron chi connectivity index (χ2n) is 5.30. The van der Waals surface area contributed by atoms with E-state index < -0.39 is 0 Å². The molecule has 0 amide bonds. The lowest BCUT2D eigenvalue weighted by Gasteiger charge is -2.08. The summed E-state index contributed by atoms with van der Waals surface area (Å²) in [6, 6.07) is 7.51. The Morgan fingerprint density at radius 1 is 1.39 bits per heavy atom. The van der Waals surface area contributed by atoms with Crippen LogP contribution in [0.25, 0.3) is 10.9 Å². The van der Waals surface area contributed by atoms with Crippen LogP contribution in [-0.4, -0.2) is 22.1 Å². The van der Waals surface area contributed by atoms with Crippen molar-refractivity contribution in [2.24, 2.45) is 0 Å². The van der Waals surface area contributed by atoms with Crippen molar-refractivity contribution in [3.05, 3.63) is 40.4 Å². The van der Waals surface area contributed by atoms with Gasteiger partial charge in [0.25, 0.3) is 5.56 Å². The summed E-state index contributed by atoms with van der Waals surface area (Å²) in [7, 11) is 0. The molecule has 0 aliphatic carbocycles. The van der Waals surface area contributed by atoms with Crippen molar-refractivity contribution in [3.63, 3.8) is 0 Å². The Kier molecular flexibility index (Phi) is 5.87. The first-order chi connectivity index (χ1) is 11.1. The highest BCUT2D eigenvalue weighted by molar-refractivity contribution is 5.80. The van der Waals surface area contributed by atoms with Gasteiger partial charge in [-0.2, -0.15) is 5.26 Å². The van der Waals surface area contributed by atoms with Crippen molar-refractivity contribution in [2.75, 3.05) is 6.61 Å². The van der Waals surface area contributed by atoms with Crippen LogP contribution in [0.3, 0.4) is 0 Å². The molecule has 6 heteroatoms. The smallest absolute Gasteiger partial charge is 0.305 e. The quantitative estimate of drug-likeness (QED) is 0.578. The highest BCUT2D eigenvalue weighted by Crippen LogP contribution is 2.11. The van der Waals surface area contributed by atoms with Crippen molar-refractivity contribution in [2.45, 2.75) is 39.2 Å². The van der Waals surface area contributed by atoms with E-state index in [1.54, 1.807) is 6.07 Å². The van der Waals surface area contributed by atoms with Gasteiger partial charge in [-0.15, -0.1) is 0 Å². The number of hydrogen-bond donors (Lipinski definition) is 0. The van der Waals surface area contributed by atoms with Crippen LogP contribution in [-0.2, 0) is 16.1 Å². The second-order valence-corrected chi connectivity index (χ2v) is 5.30. The largest absolute Gasteiger partial charge is 0.466 e. The minimum absolute atomic E-state index is 0.0962. The molecule has 120 valence electrons. The van der Waals surface area contributed by atoms with Gasteiger partial charge < -0.3 is 4.74 Å². The average molecular weight is 313 g/mol. The van der Waals surface area contributed by atoms with E-state index in [-0.39, 0.29) is 24.6 Å². The Labute approximate surface area is 134 Å². The predicted octanol–water partition coefficient (Wildman–Crippen LogP) is 2.33. The maximum atomic E-state index is 12.4. The fraction of sp³-hybridized carbons (Fsp3) is 0.412. The molecule has 1 aromatic carbocycles. The lowest BCUT2D eigenvalue weighted by molar-refractivity contribution is -0.143. The number of fused-ring (bicyclic) bond motifs is 1. The van der Waals surface area contributed by atoms with E-state index in [0.29, 0.717) is 36.7 Å². The lowest BCUT2D eigenvalue weighted by atomic mass is 10.1. The molecule has 1 heterocycles. The molecule has 0 atom stereocenters. The van der Waals surface area contributed by atoms with E-state index in [9.17, 15) is 9.59 Å². The number of nitrogens with zero attached hydrogens (tertiary/aromatic N) is 3. The molecule has 0 fully saturated rings. The van der Waals surface area contributed by atoms with Gasteiger partial charge in [-0.3, -0.25) is 14.2 Å². The third-order valence-corrected chi connectivity index (χ3v) is 3.53. The number of aryl methyl sites for hydroxylation is 2. The molecule has 0 bridgehead atoms. The minimum atomic E-state index is -0.305. The van der Waals surface area contributed by atoms with Gasteiger partial charge in [0, 0.05) is 19.4 Å². The fourth-order valence-electron chi connectivity index (χ4n) is 2.30. The van der Waals surface area contributed by atoms with Crippen LogP contribution in [0, 0.1) is 18.3 Å². The zero-order chi connectivity index (χ0) is 16.7. The number of carbonyl (C=O) groups is 1. The number of aromatic nitrogens is 2. The van der Waals surface area contributed by atoms with Crippen LogP contribution >= 0.6 is 0 Å². The second kappa shape index (κ2) is 8.08. The van der Waals surface area contributed by atoms with Crippen molar-refractivity contribution < 1.29 is 9.53 Å². The van der Waals surface area contributed by atoms with Gasteiger partial charge in [-0.1, -0.05) is 12.1 Å². The minimum Gasteiger partial charge on any atom is -0.466 e. The number of para-hydroxylation sites is 1. The van der Waals surface area contributed by atoms with Gasteiger partial charge >= 0.3 is 5.97 Å². The van der Waals surface area contributed by atoms with Crippen LogP contribution in [0.2, 0.25) is 0 Å². The molecular formula is C17H19N3O3. The van der Waals surface area contributed by atoms with Crippen molar-refractivity contribution in [3.8, 4) is 6.07 Å². The Morgan fingerprint density at radius 2 is 2.22 bits per heavy atom. The molecule has 0 aliphatic heterocycles. The summed E-state index contributed by atoms with van der Waals surface area (Å²) in [6.07, 6.45) is 3.21. The highest BCUT2D eigenvalue weighted by atomic mass is 16.5. The van der Waals surface area contributed by atoms with Crippen LogP contribution in [0.15, 0.2) is 29.3 Å². The van der Waals surface area contributed by atoms with Crippen molar-refractivity contribution >= 4 is 16.9 Å². The monoisotopic (exact) mass is 313 g/mol. The first-order valence-corrected chi connectivity index (χ1v) is 7.61. The van der Waals surface area contributed by atoms with Gasteiger partial charge in [-0.25, -0.2) is 4.98 Å². The number of hydrogen-bond acceptors (Lipinski definition) is 5. The molecule has 0 saturated heterocycles. The molecular weight excluding hydrogens is 294 g/mol. The molecule has 1 aromatic heterocycles. The molecule has 2 aromatic rings. The Balaban J connectivity index is 1.91. The number of unbranched alkanes of at least 4 members (excludes halogenated alkanes) is 1. The van der Waals surface area contributed by atoms with Crippen LogP contribution in [0.4, 0.5) is 0 Å². The van der Waals surface area contributed by atoms with Gasteiger partial charge in [0.2, 0.25) is 0 Å².